The third kappa shape index (κ3) is 1.84. The lowest BCUT2D eigenvalue weighted by Gasteiger charge is -2.03. The second-order valence-corrected chi connectivity index (χ2v) is 2.53. The van der Waals surface area contributed by atoms with Crippen LogP contribution < -0.4 is 4.74 Å². The highest BCUT2D eigenvalue weighted by atomic mass is 35.5. The summed E-state index contributed by atoms with van der Waals surface area (Å²) in [5, 5.41) is 0. The van der Waals surface area contributed by atoms with Crippen molar-refractivity contribution in [3.8, 4) is 5.88 Å². The zero-order valence-electron chi connectivity index (χ0n) is 6.60. The van der Waals surface area contributed by atoms with Gasteiger partial charge in [0.1, 0.15) is 0 Å². The Balaban J connectivity index is 3.02. The van der Waals surface area contributed by atoms with E-state index in [1.54, 1.807) is 7.11 Å². The van der Waals surface area contributed by atoms with Gasteiger partial charge in [-0.25, -0.2) is 4.98 Å². The first-order chi connectivity index (χ1) is 5.27. The average Bonchev–Trinajstić information content (AvgIpc) is 2.05. The van der Waals surface area contributed by atoms with Crippen molar-refractivity contribution in [2.45, 2.75) is 12.8 Å². The topological polar surface area (TPSA) is 22.1 Å². The number of methoxy groups -OCH3 is 1. The zero-order chi connectivity index (χ0) is 8.27. The zero-order valence-corrected chi connectivity index (χ0v) is 7.35. The van der Waals surface area contributed by atoms with E-state index in [9.17, 15) is 0 Å². The largest absolute Gasteiger partial charge is 0.481 e. The Morgan fingerprint density at radius 3 is 2.82 bits per heavy atom. The minimum absolute atomic E-state index is 0.427. The number of hydrogen-bond acceptors (Lipinski definition) is 2. The van der Waals surface area contributed by atoms with E-state index in [2.05, 4.69) is 4.98 Å². The standard InChI is InChI=1S/C8H10ClNO/c1-6-3-4-7(5-9)10-8(6)11-2/h3-4H,5H2,1-2H3. The molecule has 0 aliphatic carbocycles. The summed E-state index contributed by atoms with van der Waals surface area (Å²) in [7, 11) is 1.60. The van der Waals surface area contributed by atoms with Crippen molar-refractivity contribution < 1.29 is 4.74 Å². The van der Waals surface area contributed by atoms with Gasteiger partial charge in [-0.05, 0) is 13.0 Å². The summed E-state index contributed by atoms with van der Waals surface area (Å²) in [6.07, 6.45) is 0. The molecule has 0 saturated carbocycles. The smallest absolute Gasteiger partial charge is 0.216 e. The Morgan fingerprint density at radius 1 is 1.55 bits per heavy atom. The fourth-order valence-corrected chi connectivity index (χ4v) is 0.978. The van der Waals surface area contributed by atoms with E-state index in [4.69, 9.17) is 16.3 Å². The van der Waals surface area contributed by atoms with E-state index >= 15 is 0 Å². The Labute approximate surface area is 71.2 Å². The third-order valence-electron chi connectivity index (χ3n) is 1.44. The lowest BCUT2D eigenvalue weighted by molar-refractivity contribution is 0.393. The SMILES string of the molecule is COc1nc(CCl)ccc1C. The van der Waals surface area contributed by atoms with Gasteiger partial charge in [0, 0.05) is 5.56 Å². The van der Waals surface area contributed by atoms with Gasteiger partial charge in [0.15, 0.2) is 0 Å². The van der Waals surface area contributed by atoms with Crippen LogP contribution in [0.25, 0.3) is 0 Å². The highest BCUT2D eigenvalue weighted by Crippen LogP contribution is 2.14. The van der Waals surface area contributed by atoms with Crippen LogP contribution in [0.5, 0.6) is 5.88 Å². The molecule has 0 amide bonds. The molecule has 0 bridgehead atoms. The Morgan fingerprint density at radius 2 is 2.27 bits per heavy atom. The lowest BCUT2D eigenvalue weighted by atomic mass is 10.3. The molecule has 1 aromatic heterocycles. The molecule has 0 unspecified atom stereocenters. The van der Waals surface area contributed by atoms with E-state index < -0.39 is 0 Å². The normalized spacial score (nSPS) is 9.73. The first kappa shape index (κ1) is 8.34. The van der Waals surface area contributed by atoms with E-state index in [-0.39, 0.29) is 0 Å². The van der Waals surface area contributed by atoms with Crippen LogP contribution in [-0.2, 0) is 5.88 Å². The summed E-state index contributed by atoms with van der Waals surface area (Å²) < 4.78 is 5.02. The van der Waals surface area contributed by atoms with Gasteiger partial charge < -0.3 is 4.74 Å². The van der Waals surface area contributed by atoms with Crippen molar-refractivity contribution in [3.63, 3.8) is 0 Å². The van der Waals surface area contributed by atoms with E-state index in [0.29, 0.717) is 11.8 Å². The van der Waals surface area contributed by atoms with Gasteiger partial charge in [-0.15, -0.1) is 11.6 Å². The maximum Gasteiger partial charge on any atom is 0.216 e. The van der Waals surface area contributed by atoms with Crippen LogP contribution >= 0.6 is 11.6 Å². The molecular formula is C8H10ClNO. The Kier molecular flexibility index (Phi) is 2.71. The predicted molar refractivity (Wildman–Crippen MR) is 45.1 cm³/mol. The Hall–Kier alpha value is -0.760. The number of aryl methyl sites for hydroxylation is 1. The van der Waals surface area contributed by atoms with E-state index in [0.717, 1.165) is 11.3 Å². The highest BCUT2D eigenvalue weighted by Gasteiger charge is 1.99. The van der Waals surface area contributed by atoms with Crippen LogP contribution in [0.3, 0.4) is 0 Å². The minimum atomic E-state index is 0.427. The fourth-order valence-electron chi connectivity index (χ4n) is 0.829. The molecule has 1 aromatic rings. The van der Waals surface area contributed by atoms with Crippen LogP contribution in [0.1, 0.15) is 11.3 Å². The molecule has 0 radical (unpaired) electrons. The maximum absolute atomic E-state index is 5.59. The van der Waals surface area contributed by atoms with Crippen molar-refractivity contribution in [1.29, 1.82) is 0 Å². The summed E-state index contributed by atoms with van der Waals surface area (Å²) >= 11 is 5.59. The summed E-state index contributed by atoms with van der Waals surface area (Å²) in [4.78, 5) is 4.16. The molecule has 0 aliphatic heterocycles. The van der Waals surface area contributed by atoms with Crippen molar-refractivity contribution in [2.24, 2.45) is 0 Å². The first-order valence-electron chi connectivity index (χ1n) is 3.34. The van der Waals surface area contributed by atoms with Crippen LogP contribution in [0.2, 0.25) is 0 Å². The number of rotatable bonds is 2. The number of hydrogen-bond donors (Lipinski definition) is 0. The molecular weight excluding hydrogens is 162 g/mol. The molecule has 1 heterocycles. The molecule has 3 heteroatoms. The quantitative estimate of drug-likeness (QED) is 0.637. The monoisotopic (exact) mass is 171 g/mol. The van der Waals surface area contributed by atoms with Crippen LogP contribution in [-0.4, -0.2) is 12.1 Å². The van der Waals surface area contributed by atoms with Gasteiger partial charge in [-0.2, -0.15) is 0 Å². The first-order valence-corrected chi connectivity index (χ1v) is 3.88. The molecule has 0 atom stereocenters. The third-order valence-corrected chi connectivity index (χ3v) is 1.71. The maximum atomic E-state index is 5.59. The number of alkyl halides is 1. The van der Waals surface area contributed by atoms with Gasteiger partial charge in [0.05, 0.1) is 18.7 Å². The molecule has 0 aliphatic rings. The second-order valence-electron chi connectivity index (χ2n) is 2.26. The highest BCUT2D eigenvalue weighted by molar-refractivity contribution is 6.16. The predicted octanol–water partition coefficient (Wildman–Crippen LogP) is 2.14. The molecule has 0 N–H and O–H groups in total. The van der Waals surface area contributed by atoms with Crippen molar-refractivity contribution in [1.82, 2.24) is 4.98 Å². The molecule has 60 valence electrons. The number of ether oxygens (including phenoxy) is 1. The molecule has 0 saturated heterocycles. The summed E-state index contributed by atoms with van der Waals surface area (Å²) in [5.74, 6) is 1.08. The Bertz CT molecular complexity index is 250. The van der Waals surface area contributed by atoms with Crippen molar-refractivity contribution in [3.05, 3.63) is 23.4 Å². The average molecular weight is 172 g/mol. The van der Waals surface area contributed by atoms with Crippen LogP contribution in [0.4, 0.5) is 0 Å². The fraction of sp³-hybridized carbons (Fsp3) is 0.375. The van der Waals surface area contributed by atoms with Gasteiger partial charge >= 0.3 is 0 Å². The van der Waals surface area contributed by atoms with Crippen LogP contribution in [0.15, 0.2) is 12.1 Å². The number of aromatic nitrogens is 1. The number of halogens is 1. The second kappa shape index (κ2) is 3.58. The summed E-state index contributed by atoms with van der Waals surface area (Å²) in [5.41, 5.74) is 1.87. The van der Waals surface area contributed by atoms with E-state index in [1.165, 1.54) is 0 Å². The van der Waals surface area contributed by atoms with E-state index in [1.807, 2.05) is 19.1 Å². The molecule has 2 nitrogen and oxygen atoms in total. The van der Waals surface area contributed by atoms with Crippen LogP contribution in [0, 0.1) is 6.92 Å². The van der Waals surface area contributed by atoms with Gasteiger partial charge in [0.25, 0.3) is 0 Å². The molecule has 0 aromatic carbocycles. The summed E-state index contributed by atoms with van der Waals surface area (Å²) in [6.45, 7) is 1.95. The summed E-state index contributed by atoms with van der Waals surface area (Å²) in [6, 6.07) is 3.84. The van der Waals surface area contributed by atoms with Gasteiger partial charge in [-0.3, -0.25) is 0 Å². The van der Waals surface area contributed by atoms with Gasteiger partial charge in [0.2, 0.25) is 5.88 Å². The van der Waals surface area contributed by atoms with Gasteiger partial charge in [-0.1, -0.05) is 6.07 Å². The lowest BCUT2D eigenvalue weighted by Crippen LogP contribution is -1.93. The molecule has 1 rings (SSSR count). The van der Waals surface area contributed by atoms with Crippen molar-refractivity contribution in [2.75, 3.05) is 7.11 Å². The molecule has 0 spiro atoms. The molecule has 11 heavy (non-hydrogen) atoms. The molecule has 0 fully saturated rings. The number of nitrogens with zero attached hydrogens (tertiary/aromatic N) is 1. The number of pyridine rings is 1. The minimum Gasteiger partial charge on any atom is -0.481 e. The van der Waals surface area contributed by atoms with Crippen molar-refractivity contribution >= 4 is 11.6 Å².